The lowest BCUT2D eigenvalue weighted by molar-refractivity contribution is -0.118. The van der Waals surface area contributed by atoms with Crippen LogP contribution in [0.2, 0.25) is 0 Å². The van der Waals surface area contributed by atoms with Gasteiger partial charge in [-0.25, -0.2) is 4.79 Å². The van der Waals surface area contributed by atoms with Gasteiger partial charge in [-0.3, -0.25) is 14.5 Å². The van der Waals surface area contributed by atoms with E-state index in [1.54, 1.807) is 42.5 Å². The van der Waals surface area contributed by atoms with Gasteiger partial charge in [0.05, 0.1) is 24.0 Å². The van der Waals surface area contributed by atoms with Gasteiger partial charge in [-0.15, -0.1) is 0 Å². The van der Waals surface area contributed by atoms with Crippen molar-refractivity contribution in [3.05, 3.63) is 95.6 Å². The van der Waals surface area contributed by atoms with E-state index in [4.69, 9.17) is 4.74 Å². The fourth-order valence-corrected chi connectivity index (χ4v) is 3.45. The van der Waals surface area contributed by atoms with Crippen LogP contribution in [-0.2, 0) is 14.3 Å². The topological polar surface area (TPSA) is 75.7 Å². The minimum atomic E-state index is -0.425. The van der Waals surface area contributed by atoms with Gasteiger partial charge >= 0.3 is 5.97 Å². The van der Waals surface area contributed by atoms with Gasteiger partial charge in [0.25, 0.3) is 5.91 Å². The van der Waals surface area contributed by atoms with Gasteiger partial charge in [-0.2, -0.15) is 0 Å². The van der Waals surface area contributed by atoms with Crippen molar-refractivity contribution in [3.63, 3.8) is 0 Å². The maximum Gasteiger partial charge on any atom is 0.337 e. The molecular formula is C25H20N2O4. The summed E-state index contributed by atoms with van der Waals surface area (Å²) in [6.45, 7) is -0.0682. The van der Waals surface area contributed by atoms with E-state index in [0.717, 1.165) is 11.1 Å². The van der Waals surface area contributed by atoms with Crippen molar-refractivity contribution < 1.29 is 19.1 Å². The van der Waals surface area contributed by atoms with E-state index in [-0.39, 0.29) is 18.4 Å². The molecule has 4 rings (SSSR count). The van der Waals surface area contributed by atoms with Gasteiger partial charge < -0.3 is 10.1 Å². The lowest BCUT2D eigenvalue weighted by atomic mass is 10.00. The Kier molecular flexibility index (Phi) is 5.62. The fourth-order valence-electron chi connectivity index (χ4n) is 3.45. The highest BCUT2D eigenvalue weighted by Gasteiger charge is 2.29. The third-order valence-corrected chi connectivity index (χ3v) is 4.97. The summed E-state index contributed by atoms with van der Waals surface area (Å²) in [5, 5.41) is 2.80. The third-order valence-electron chi connectivity index (χ3n) is 4.97. The Balaban J connectivity index is 1.76. The number of carbonyl (C=O) groups is 3. The zero-order valence-electron chi connectivity index (χ0n) is 16.9. The van der Waals surface area contributed by atoms with E-state index in [1.807, 2.05) is 42.5 Å². The van der Waals surface area contributed by atoms with Crippen LogP contribution in [0.1, 0.15) is 21.5 Å². The predicted octanol–water partition coefficient (Wildman–Crippen LogP) is 4.00. The molecule has 31 heavy (non-hydrogen) atoms. The smallest absolute Gasteiger partial charge is 0.337 e. The molecule has 1 aliphatic rings. The van der Waals surface area contributed by atoms with E-state index in [9.17, 15) is 14.4 Å². The highest BCUT2D eigenvalue weighted by molar-refractivity contribution is 6.32. The number of amides is 2. The number of ether oxygens (including phenoxy) is 1. The van der Waals surface area contributed by atoms with Crippen molar-refractivity contribution in [1.29, 1.82) is 0 Å². The SMILES string of the molecule is COC(=O)c1ccc(/C=C(/C(=O)N2CC(=O)Nc3ccccc32)c2ccccc2)cc1. The molecule has 6 heteroatoms. The summed E-state index contributed by atoms with van der Waals surface area (Å²) in [5.74, 6) is -0.960. The molecular weight excluding hydrogens is 392 g/mol. The average molecular weight is 412 g/mol. The molecule has 3 aromatic carbocycles. The number of anilines is 2. The zero-order chi connectivity index (χ0) is 21.8. The highest BCUT2D eigenvalue weighted by atomic mass is 16.5. The predicted molar refractivity (Wildman–Crippen MR) is 120 cm³/mol. The molecule has 2 amide bonds. The summed E-state index contributed by atoms with van der Waals surface area (Å²) in [4.78, 5) is 39.0. The van der Waals surface area contributed by atoms with Crippen LogP contribution in [0.15, 0.2) is 78.9 Å². The second-order valence-electron chi connectivity index (χ2n) is 6.99. The molecule has 1 heterocycles. The number of carbonyl (C=O) groups excluding carboxylic acids is 3. The number of fused-ring (bicyclic) bond motifs is 1. The van der Waals surface area contributed by atoms with Crippen LogP contribution < -0.4 is 10.2 Å². The van der Waals surface area contributed by atoms with Crippen molar-refractivity contribution in [1.82, 2.24) is 0 Å². The van der Waals surface area contributed by atoms with E-state index in [2.05, 4.69) is 5.32 Å². The summed E-state index contributed by atoms with van der Waals surface area (Å²) >= 11 is 0. The van der Waals surface area contributed by atoms with Crippen LogP contribution in [0.5, 0.6) is 0 Å². The lowest BCUT2D eigenvalue weighted by Gasteiger charge is -2.30. The first-order valence-electron chi connectivity index (χ1n) is 9.73. The maximum absolute atomic E-state index is 13.6. The average Bonchev–Trinajstić information content (AvgIpc) is 2.82. The van der Waals surface area contributed by atoms with Crippen molar-refractivity contribution in [2.24, 2.45) is 0 Å². The Morgan fingerprint density at radius 2 is 1.58 bits per heavy atom. The van der Waals surface area contributed by atoms with Crippen LogP contribution in [0, 0.1) is 0 Å². The molecule has 0 saturated heterocycles. The van der Waals surface area contributed by atoms with E-state index < -0.39 is 5.97 Å². The molecule has 0 aromatic heterocycles. The van der Waals surface area contributed by atoms with Crippen LogP contribution in [0.25, 0.3) is 11.6 Å². The number of methoxy groups -OCH3 is 1. The molecule has 0 fully saturated rings. The van der Waals surface area contributed by atoms with Crippen molar-refractivity contribution in [3.8, 4) is 0 Å². The molecule has 0 spiro atoms. The number of rotatable bonds is 4. The third kappa shape index (κ3) is 4.23. The van der Waals surface area contributed by atoms with Gasteiger partial charge in [0.1, 0.15) is 6.54 Å². The highest BCUT2D eigenvalue weighted by Crippen LogP contribution is 2.32. The van der Waals surface area contributed by atoms with Crippen LogP contribution >= 0.6 is 0 Å². The molecule has 0 atom stereocenters. The Hall–Kier alpha value is -4.19. The van der Waals surface area contributed by atoms with Crippen molar-refractivity contribution in [2.45, 2.75) is 0 Å². The normalized spacial score (nSPS) is 13.3. The Labute approximate surface area is 179 Å². The summed E-state index contributed by atoms with van der Waals surface area (Å²) < 4.78 is 4.73. The zero-order valence-corrected chi connectivity index (χ0v) is 16.9. The molecule has 0 saturated carbocycles. The Bertz CT molecular complexity index is 1170. The molecule has 0 radical (unpaired) electrons. The van der Waals surface area contributed by atoms with Gasteiger partial charge in [0, 0.05) is 5.57 Å². The van der Waals surface area contributed by atoms with Crippen LogP contribution in [0.4, 0.5) is 11.4 Å². The summed E-state index contributed by atoms with van der Waals surface area (Å²) in [5.41, 5.74) is 3.59. The number of esters is 1. The number of benzene rings is 3. The molecule has 0 bridgehead atoms. The molecule has 6 nitrogen and oxygen atoms in total. The van der Waals surface area contributed by atoms with Gasteiger partial charge in [0.2, 0.25) is 5.91 Å². The van der Waals surface area contributed by atoms with Crippen molar-refractivity contribution >= 4 is 40.8 Å². The molecule has 1 aliphatic heterocycles. The first-order chi connectivity index (χ1) is 15.1. The fraction of sp³-hybridized carbons (Fsp3) is 0.0800. The molecule has 0 aliphatic carbocycles. The largest absolute Gasteiger partial charge is 0.465 e. The Morgan fingerprint density at radius 1 is 0.903 bits per heavy atom. The monoisotopic (exact) mass is 412 g/mol. The lowest BCUT2D eigenvalue weighted by Crippen LogP contribution is -2.42. The number of nitrogens with one attached hydrogen (secondary N) is 1. The summed E-state index contributed by atoms with van der Waals surface area (Å²) in [6, 6.07) is 23.3. The van der Waals surface area contributed by atoms with Gasteiger partial charge in [-0.1, -0.05) is 54.6 Å². The minimum absolute atomic E-state index is 0.0682. The second kappa shape index (κ2) is 8.67. The second-order valence-corrected chi connectivity index (χ2v) is 6.99. The number of nitrogens with zero attached hydrogens (tertiary/aromatic N) is 1. The molecule has 1 N–H and O–H groups in total. The van der Waals surface area contributed by atoms with Gasteiger partial charge in [-0.05, 0) is 41.5 Å². The van der Waals surface area contributed by atoms with Crippen LogP contribution in [-0.4, -0.2) is 31.4 Å². The quantitative estimate of drug-likeness (QED) is 0.399. The van der Waals surface area contributed by atoms with Gasteiger partial charge in [0.15, 0.2) is 0 Å². The first-order valence-corrected chi connectivity index (χ1v) is 9.73. The molecule has 154 valence electrons. The Morgan fingerprint density at radius 3 is 2.29 bits per heavy atom. The van der Waals surface area contributed by atoms with E-state index >= 15 is 0 Å². The molecule has 0 unspecified atom stereocenters. The summed E-state index contributed by atoms with van der Waals surface area (Å²) in [7, 11) is 1.33. The molecule has 3 aromatic rings. The number of hydrogen-bond acceptors (Lipinski definition) is 4. The number of para-hydroxylation sites is 2. The van der Waals surface area contributed by atoms with E-state index in [0.29, 0.717) is 22.5 Å². The van der Waals surface area contributed by atoms with Crippen molar-refractivity contribution in [2.75, 3.05) is 23.9 Å². The first kappa shape index (κ1) is 20.1. The van der Waals surface area contributed by atoms with E-state index in [1.165, 1.54) is 12.0 Å². The maximum atomic E-state index is 13.6. The van der Waals surface area contributed by atoms with Crippen LogP contribution in [0.3, 0.4) is 0 Å². The number of hydrogen-bond donors (Lipinski definition) is 1. The summed E-state index contributed by atoms with van der Waals surface area (Å²) in [6.07, 6.45) is 1.76. The minimum Gasteiger partial charge on any atom is -0.465 e. The standard InChI is InChI=1S/C25H20N2O4/c1-31-25(30)19-13-11-17(12-14-19)15-20(18-7-3-2-4-8-18)24(29)27-16-23(28)26-21-9-5-6-10-22(21)27/h2-15H,16H2,1H3,(H,26,28)/b20-15+.